The number of anilines is 1. The van der Waals surface area contributed by atoms with Crippen LogP contribution in [0.15, 0.2) is 36.5 Å². The van der Waals surface area contributed by atoms with Gasteiger partial charge in [0.25, 0.3) is 0 Å². The van der Waals surface area contributed by atoms with Gasteiger partial charge in [0.2, 0.25) is 5.91 Å². The fourth-order valence-corrected chi connectivity index (χ4v) is 2.41. The summed E-state index contributed by atoms with van der Waals surface area (Å²) in [6, 6.07) is 9.05. The molecule has 0 unspecified atom stereocenters. The molecule has 1 aliphatic rings. The van der Waals surface area contributed by atoms with Crippen LogP contribution in [0.25, 0.3) is 0 Å². The molecule has 22 heavy (non-hydrogen) atoms. The van der Waals surface area contributed by atoms with Crippen LogP contribution in [0.4, 0.5) is 10.6 Å². The van der Waals surface area contributed by atoms with Gasteiger partial charge >= 0.3 is 6.03 Å². The molecule has 3 rings (SSSR count). The molecule has 1 aromatic carbocycles. The number of nitrogens with one attached hydrogen (secondary N) is 2. The van der Waals surface area contributed by atoms with Crippen LogP contribution >= 0.6 is 0 Å². The van der Waals surface area contributed by atoms with Crippen LogP contribution in [0.3, 0.4) is 0 Å². The maximum absolute atomic E-state index is 12.5. The number of nitrogens with zero attached hydrogens (tertiary/aromatic N) is 4. The molecule has 0 bridgehead atoms. The topological polar surface area (TPSA) is 92.2 Å². The number of rotatable bonds is 2. The molecular weight excluding hydrogens is 284 g/mol. The highest BCUT2D eigenvalue weighted by Crippen LogP contribution is 2.23. The van der Waals surface area contributed by atoms with Crippen molar-refractivity contribution in [3.63, 3.8) is 0 Å². The highest BCUT2D eigenvalue weighted by Gasteiger charge is 2.31. The molecule has 3 amide bonds. The minimum atomic E-state index is -0.353. The van der Waals surface area contributed by atoms with E-state index in [2.05, 4.69) is 20.9 Å². The first kappa shape index (κ1) is 14.1. The van der Waals surface area contributed by atoms with Gasteiger partial charge in [0, 0.05) is 13.6 Å². The van der Waals surface area contributed by atoms with Gasteiger partial charge in [-0.3, -0.25) is 10.1 Å². The van der Waals surface area contributed by atoms with Gasteiger partial charge in [-0.1, -0.05) is 35.5 Å². The number of amides is 3. The van der Waals surface area contributed by atoms with Crippen molar-refractivity contribution in [2.75, 3.05) is 18.4 Å². The number of carbonyl (C=O) groups excluding carboxylic acids is 2. The molecule has 0 saturated carbocycles. The van der Waals surface area contributed by atoms with Crippen molar-refractivity contribution >= 4 is 17.8 Å². The van der Waals surface area contributed by atoms with E-state index in [1.165, 1.54) is 15.8 Å². The first-order valence-corrected chi connectivity index (χ1v) is 6.89. The Morgan fingerprint density at radius 2 is 2.14 bits per heavy atom. The van der Waals surface area contributed by atoms with Gasteiger partial charge in [-0.2, -0.15) is 0 Å². The van der Waals surface area contributed by atoms with Crippen molar-refractivity contribution in [2.24, 2.45) is 7.05 Å². The fraction of sp³-hybridized carbons (Fsp3) is 0.286. The second-order valence-corrected chi connectivity index (χ2v) is 5.03. The maximum Gasteiger partial charge on any atom is 0.324 e. The molecule has 1 aliphatic heterocycles. The molecule has 2 aromatic rings. The van der Waals surface area contributed by atoms with E-state index < -0.39 is 0 Å². The van der Waals surface area contributed by atoms with Crippen LogP contribution in [0.2, 0.25) is 0 Å². The van der Waals surface area contributed by atoms with Crippen molar-refractivity contribution in [3.8, 4) is 0 Å². The summed E-state index contributed by atoms with van der Waals surface area (Å²) in [6.45, 7) is 0.399. The van der Waals surface area contributed by atoms with Crippen molar-refractivity contribution < 1.29 is 9.59 Å². The van der Waals surface area contributed by atoms with Crippen molar-refractivity contribution in [3.05, 3.63) is 42.1 Å². The quantitative estimate of drug-likeness (QED) is 0.845. The minimum Gasteiger partial charge on any atom is -0.352 e. The Labute approximate surface area is 127 Å². The minimum absolute atomic E-state index is 0.0106. The fourth-order valence-electron chi connectivity index (χ4n) is 2.41. The van der Waals surface area contributed by atoms with Crippen LogP contribution in [0.5, 0.6) is 0 Å². The van der Waals surface area contributed by atoms with E-state index in [4.69, 9.17) is 0 Å². The molecule has 2 N–H and O–H groups in total. The van der Waals surface area contributed by atoms with E-state index in [1.807, 2.05) is 30.3 Å². The summed E-state index contributed by atoms with van der Waals surface area (Å²) in [5.41, 5.74) is 0.973. The first-order valence-electron chi connectivity index (χ1n) is 6.89. The molecule has 1 atom stereocenters. The van der Waals surface area contributed by atoms with Crippen LogP contribution < -0.4 is 10.6 Å². The lowest BCUT2D eigenvalue weighted by Gasteiger charge is -2.35. The van der Waals surface area contributed by atoms with E-state index >= 15 is 0 Å². The Bertz CT molecular complexity index is 684. The summed E-state index contributed by atoms with van der Waals surface area (Å²) in [4.78, 5) is 25.7. The smallest absolute Gasteiger partial charge is 0.324 e. The van der Waals surface area contributed by atoms with Crippen LogP contribution in [0.1, 0.15) is 11.6 Å². The average molecular weight is 300 g/mol. The lowest BCUT2D eigenvalue weighted by Crippen LogP contribution is -2.53. The van der Waals surface area contributed by atoms with Gasteiger partial charge in [0.05, 0.1) is 12.2 Å². The summed E-state index contributed by atoms with van der Waals surface area (Å²) >= 11 is 0. The van der Waals surface area contributed by atoms with Crippen molar-refractivity contribution in [1.29, 1.82) is 0 Å². The number of aromatic nitrogens is 3. The molecular formula is C14H16N6O2. The second kappa shape index (κ2) is 5.84. The van der Waals surface area contributed by atoms with Crippen LogP contribution in [-0.2, 0) is 11.8 Å². The zero-order valence-corrected chi connectivity index (χ0v) is 12.1. The van der Waals surface area contributed by atoms with Gasteiger partial charge in [0.1, 0.15) is 6.54 Å². The van der Waals surface area contributed by atoms with E-state index in [0.717, 1.165) is 5.56 Å². The molecule has 1 fully saturated rings. The summed E-state index contributed by atoms with van der Waals surface area (Å²) in [5, 5.41) is 13.0. The van der Waals surface area contributed by atoms with E-state index in [9.17, 15) is 9.59 Å². The Hall–Kier alpha value is -2.90. The number of aryl methyl sites for hydroxylation is 1. The Morgan fingerprint density at radius 3 is 2.82 bits per heavy atom. The van der Waals surface area contributed by atoms with Gasteiger partial charge in [-0.25, -0.2) is 9.48 Å². The normalized spacial score (nSPS) is 18.0. The summed E-state index contributed by atoms with van der Waals surface area (Å²) in [7, 11) is 1.68. The Kier molecular flexibility index (Phi) is 3.73. The van der Waals surface area contributed by atoms with Crippen LogP contribution in [0, 0.1) is 0 Å². The molecule has 114 valence electrons. The van der Waals surface area contributed by atoms with E-state index in [0.29, 0.717) is 12.4 Å². The van der Waals surface area contributed by atoms with Gasteiger partial charge < -0.3 is 10.2 Å². The first-order chi connectivity index (χ1) is 10.6. The number of benzene rings is 1. The SMILES string of the molecule is Cn1nncc1NC(=O)N1CC(=O)NC[C@H]1c1ccccc1. The zero-order valence-electron chi connectivity index (χ0n) is 12.1. The lowest BCUT2D eigenvalue weighted by molar-refractivity contribution is -0.124. The number of hydrogen-bond donors (Lipinski definition) is 2. The third kappa shape index (κ3) is 2.76. The maximum atomic E-state index is 12.5. The van der Waals surface area contributed by atoms with Crippen LogP contribution in [-0.4, -0.2) is 44.9 Å². The highest BCUT2D eigenvalue weighted by molar-refractivity contribution is 5.92. The molecule has 1 aromatic heterocycles. The number of hydrogen-bond acceptors (Lipinski definition) is 4. The van der Waals surface area contributed by atoms with Gasteiger partial charge in [0.15, 0.2) is 5.82 Å². The third-order valence-corrected chi connectivity index (χ3v) is 3.58. The van der Waals surface area contributed by atoms with Crippen molar-refractivity contribution in [2.45, 2.75) is 6.04 Å². The van der Waals surface area contributed by atoms with Gasteiger partial charge in [-0.05, 0) is 5.56 Å². The average Bonchev–Trinajstić information content (AvgIpc) is 2.93. The summed E-state index contributed by atoms with van der Waals surface area (Å²) in [5.74, 6) is 0.299. The molecule has 0 aliphatic carbocycles. The van der Waals surface area contributed by atoms with Crippen molar-refractivity contribution in [1.82, 2.24) is 25.2 Å². The largest absolute Gasteiger partial charge is 0.352 e. The summed E-state index contributed by atoms with van der Waals surface area (Å²) in [6.07, 6.45) is 1.46. The predicted octanol–water partition coefficient (Wildman–Crippen LogP) is 0.520. The zero-order chi connectivity index (χ0) is 15.5. The van der Waals surface area contributed by atoms with E-state index in [-0.39, 0.29) is 24.5 Å². The molecule has 0 spiro atoms. The number of urea groups is 1. The predicted molar refractivity (Wildman–Crippen MR) is 78.9 cm³/mol. The monoisotopic (exact) mass is 300 g/mol. The molecule has 1 saturated heterocycles. The number of piperazine rings is 1. The highest BCUT2D eigenvalue weighted by atomic mass is 16.2. The van der Waals surface area contributed by atoms with Gasteiger partial charge in [-0.15, -0.1) is 5.10 Å². The van der Waals surface area contributed by atoms with E-state index in [1.54, 1.807) is 7.05 Å². The molecule has 8 nitrogen and oxygen atoms in total. The summed E-state index contributed by atoms with van der Waals surface area (Å²) < 4.78 is 1.46. The third-order valence-electron chi connectivity index (χ3n) is 3.58. The Balaban J connectivity index is 1.82. The lowest BCUT2D eigenvalue weighted by atomic mass is 10.0. The Morgan fingerprint density at radius 1 is 1.36 bits per heavy atom. The molecule has 2 heterocycles. The second-order valence-electron chi connectivity index (χ2n) is 5.03. The number of carbonyl (C=O) groups is 2. The molecule has 0 radical (unpaired) electrons. The molecule has 8 heteroatoms. The standard InChI is InChI=1S/C14H16N6O2/c1-19-12(8-16-18-19)17-14(22)20-9-13(21)15-7-11(20)10-5-3-2-4-6-10/h2-6,8,11H,7,9H2,1H3,(H,15,21)(H,17,22)/t11-/m0/s1.